The van der Waals surface area contributed by atoms with E-state index in [0.29, 0.717) is 40.6 Å². The van der Waals surface area contributed by atoms with Crippen molar-refractivity contribution in [1.82, 2.24) is 9.97 Å². The first-order valence-corrected chi connectivity index (χ1v) is 7.94. The molecule has 0 amide bonds. The first kappa shape index (κ1) is 18.1. The second kappa shape index (κ2) is 7.65. The van der Waals surface area contributed by atoms with Crippen molar-refractivity contribution in [3.8, 4) is 22.6 Å². The summed E-state index contributed by atoms with van der Waals surface area (Å²) in [5.41, 5.74) is 14.5. The lowest BCUT2D eigenvalue weighted by molar-refractivity contribution is 0.320. The zero-order valence-corrected chi connectivity index (χ0v) is 14.8. The number of nitrogen functional groups attached to an aromatic ring is 2. The van der Waals surface area contributed by atoms with Crippen LogP contribution in [0.15, 0.2) is 40.2 Å². The minimum atomic E-state index is 0.121. The molecule has 2 heterocycles. The molecule has 3 aromatic rings. The van der Waals surface area contributed by atoms with E-state index >= 15 is 0 Å². The number of furan rings is 1. The molecule has 27 heavy (non-hydrogen) atoms. The fourth-order valence-corrected chi connectivity index (χ4v) is 2.81. The SMILES string of the molecule is COc1cc(Cc2cnc(N)nc2N)cc(-c2ccoc2C=NO)c1OC. The van der Waals surface area contributed by atoms with Gasteiger partial charge in [-0.3, -0.25) is 0 Å². The lowest BCUT2D eigenvalue weighted by Gasteiger charge is -2.15. The number of hydrogen-bond donors (Lipinski definition) is 3. The van der Waals surface area contributed by atoms with Crippen LogP contribution in [0.2, 0.25) is 0 Å². The highest BCUT2D eigenvalue weighted by molar-refractivity contribution is 5.89. The summed E-state index contributed by atoms with van der Waals surface area (Å²) >= 11 is 0. The number of rotatable bonds is 6. The van der Waals surface area contributed by atoms with Crippen LogP contribution in [-0.4, -0.2) is 35.6 Å². The Morgan fingerprint density at radius 2 is 2.04 bits per heavy atom. The topological polar surface area (TPSA) is 142 Å². The third-order valence-electron chi connectivity index (χ3n) is 4.01. The number of nitrogens with zero attached hydrogens (tertiary/aromatic N) is 3. The number of methoxy groups -OCH3 is 2. The normalized spacial score (nSPS) is 11.0. The largest absolute Gasteiger partial charge is 0.493 e. The molecular weight excluding hydrogens is 350 g/mol. The second-order valence-electron chi connectivity index (χ2n) is 5.64. The predicted molar refractivity (Wildman–Crippen MR) is 100 cm³/mol. The number of oxime groups is 1. The molecule has 2 aromatic heterocycles. The number of anilines is 2. The Labute approximate surface area is 155 Å². The van der Waals surface area contributed by atoms with E-state index in [9.17, 15) is 0 Å². The summed E-state index contributed by atoms with van der Waals surface area (Å²) in [5, 5.41) is 11.9. The molecule has 5 N–H and O–H groups in total. The molecule has 0 saturated carbocycles. The molecule has 0 unspecified atom stereocenters. The van der Waals surface area contributed by atoms with Gasteiger partial charge in [-0.15, -0.1) is 0 Å². The standard InChI is InChI=1S/C18H19N5O4/c1-25-14-7-10(5-11-8-21-18(20)23-17(11)19)6-13(16(14)26-2)12-3-4-27-15(12)9-22-24/h3-4,6-9,24H,5H2,1-2H3,(H4,19,20,21,23). The molecule has 0 aliphatic carbocycles. The van der Waals surface area contributed by atoms with Gasteiger partial charge < -0.3 is 30.6 Å². The monoisotopic (exact) mass is 369 g/mol. The van der Waals surface area contributed by atoms with Crippen LogP contribution in [0.5, 0.6) is 11.5 Å². The van der Waals surface area contributed by atoms with Crippen molar-refractivity contribution in [1.29, 1.82) is 0 Å². The maximum absolute atomic E-state index is 8.85. The average Bonchev–Trinajstić information content (AvgIpc) is 3.11. The summed E-state index contributed by atoms with van der Waals surface area (Å²) in [5.74, 6) is 1.88. The number of benzene rings is 1. The molecular formula is C18H19N5O4. The van der Waals surface area contributed by atoms with E-state index in [0.717, 1.165) is 11.1 Å². The Bertz CT molecular complexity index is 984. The Hall–Kier alpha value is -3.75. The van der Waals surface area contributed by atoms with Gasteiger partial charge in [-0.05, 0) is 23.8 Å². The Morgan fingerprint density at radius 1 is 1.22 bits per heavy atom. The lowest BCUT2D eigenvalue weighted by atomic mass is 9.98. The lowest BCUT2D eigenvalue weighted by Crippen LogP contribution is -2.04. The molecule has 0 radical (unpaired) electrons. The summed E-state index contributed by atoms with van der Waals surface area (Å²) in [4.78, 5) is 7.98. The zero-order chi connectivity index (χ0) is 19.4. The van der Waals surface area contributed by atoms with Gasteiger partial charge in [-0.2, -0.15) is 4.98 Å². The fourth-order valence-electron chi connectivity index (χ4n) is 2.81. The Morgan fingerprint density at radius 3 is 2.70 bits per heavy atom. The van der Waals surface area contributed by atoms with Gasteiger partial charge in [0, 0.05) is 29.3 Å². The number of hydrogen-bond acceptors (Lipinski definition) is 9. The van der Waals surface area contributed by atoms with Crippen LogP contribution in [0.3, 0.4) is 0 Å². The molecule has 9 nitrogen and oxygen atoms in total. The summed E-state index contributed by atoms with van der Waals surface area (Å²) < 4.78 is 16.4. The van der Waals surface area contributed by atoms with Crippen LogP contribution in [0, 0.1) is 0 Å². The molecule has 0 atom stereocenters. The van der Waals surface area contributed by atoms with E-state index in [1.807, 2.05) is 12.1 Å². The molecule has 0 bridgehead atoms. The van der Waals surface area contributed by atoms with Gasteiger partial charge in [0.05, 0.1) is 20.5 Å². The molecule has 0 aliphatic heterocycles. The van der Waals surface area contributed by atoms with Crippen LogP contribution in [0.25, 0.3) is 11.1 Å². The molecule has 3 rings (SSSR count). The van der Waals surface area contributed by atoms with E-state index in [-0.39, 0.29) is 5.95 Å². The highest BCUT2D eigenvalue weighted by Gasteiger charge is 2.19. The average molecular weight is 369 g/mol. The maximum Gasteiger partial charge on any atom is 0.221 e. The van der Waals surface area contributed by atoms with Crippen molar-refractivity contribution in [2.24, 2.45) is 5.16 Å². The van der Waals surface area contributed by atoms with Crippen molar-refractivity contribution in [2.75, 3.05) is 25.7 Å². The number of aromatic nitrogens is 2. The van der Waals surface area contributed by atoms with Crippen molar-refractivity contribution in [2.45, 2.75) is 6.42 Å². The summed E-state index contributed by atoms with van der Waals surface area (Å²) in [7, 11) is 3.10. The first-order valence-electron chi connectivity index (χ1n) is 7.94. The van der Waals surface area contributed by atoms with E-state index in [4.69, 9.17) is 30.6 Å². The van der Waals surface area contributed by atoms with Crippen LogP contribution in [0.4, 0.5) is 11.8 Å². The van der Waals surface area contributed by atoms with Crippen LogP contribution >= 0.6 is 0 Å². The quantitative estimate of drug-likeness (QED) is 0.341. The van der Waals surface area contributed by atoms with Gasteiger partial charge in [-0.25, -0.2) is 4.98 Å². The predicted octanol–water partition coefficient (Wildman–Crippen LogP) is 2.32. The first-order chi connectivity index (χ1) is 13.1. The second-order valence-corrected chi connectivity index (χ2v) is 5.64. The highest BCUT2D eigenvalue weighted by atomic mass is 16.5. The van der Waals surface area contributed by atoms with Gasteiger partial charge in [0.15, 0.2) is 17.3 Å². The van der Waals surface area contributed by atoms with Crippen LogP contribution < -0.4 is 20.9 Å². The molecule has 1 aromatic carbocycles. The zero-order valence-electron chi connectivity index (χ0n) is 14.8. The van der Waals surface area contributed by atoms with Gasteiger partial charge in [0.25, 0.3) is 0 Å². The summed E-state index contributed by atoms with van der Waals surface area (Å²) in [6, 6.07) is 5.51. The Kier molecular flexibility index (Phi) is 5.11. The minimum Gasteiger partial charge on any atom is -0.493 e. The van der Waals surface area contributed by atoms with Crippen molar-refractivity contribution < 1.29 is 19.1 Å². The summed E-state index contributed by atoms with van der Waals surface area (Å²) in [6.07, 6.45) is 4.76. The summed E-state index contributed by atoms with van der Waals surface area (Å²) in [6.45, 7) is 0. The van der Waals surface area contributed by atoms with Crippen molar-refractivity contribution >= 4 is 18.0 Å². The molecule has 0 fully saturated rings. The molecule has 0 saturated heterocycles. The third kappa shape index (κ3) is 3.61. The van der Waals surface area contributed by atoms with E-state index < -0.39 is 0 Å². The van der Waals surface area contributed by atoms with Gasteiger partial charge >= 0.3 is 0 Å². The van der Waals surface area contributed by atoms with Crippen molar-refractivity contribution in [3.05, 3.63) is 47.5 Å². The van der Waals surface area contributed by atoms with Gasteiger partial charge in [0.2, 0.25) is 5.95 Å². The molecule has 0 aliphatic rings. The van der Waals surface area contributed by atoms with Crippen LogP contribution in [0.1, 0.15) is 16.9 Å². The Balaban J connectivity index is 2.12. The smallest absolute Gasteiger partial charge is 0.221 e. The van der Waals surface area contributed by atoms with Crippen LogP contribution in [-0.2, 0) is 6.42 Å². The van der Waals surface area contributed by atoms with Gasteiger partial charge in [-0.1, -0.05) is 5.16 Å². The van der Waals surface area contributed by atoms with E-state index in [2.05, 4.69) is 15.1 Å². The number of ether oxygens (including phenoxy) is 2. The maximum atomic E-state index is 8.85. The molecule has 9 heteroatoms. The van der Waals surface area contributed by atoms with E-state index in [1.54, 1.807) is 26.5 Å². The third-order valence-corrected chi connectivity index (χ3v) is 4.01. The number of nitrogens with two attached hydrogens (primary N) is 2. The fraction of sp³-hybridized carbons (Fsp3) is 0.167. The van der Waals surface area contributed by atoms with Gasteiger partial charge in [0.1, 0.15) is 12.0 Å². The van der Waals surface area contributed by atoms with Crippen molar-refractivity contribution in [3.63, 3.8) is 0 Å². The minimum absolute atomic E-state index is 0.121. The highest BCUT2D eigenvalue weighted by Crippen LogP contribution is 2.41. The molecule has 140 valence electrons. The molecule has 0 spiro atoms. The van der Waals surface area contributed by atoms with E-state index in [1.165, 1.54) is 12.5 Å².